The van der Waals surface area contributed by atoms with Gasteiger partial charge in [0, 0.05) is 25.7 Å². The molecule has 0 radical (unpaired) electrons. The number of hydrogen-bond donors (Lipinski definition) is 1. The predicted molar refractivity (Wildman–Crippen MR) is 68.9 cm³/mol. The van der Waals surface area contributed by atoms with Gasteiger partial charge in [-0.05, 0) is 30.6 Å². The van der Waals surface area contributed by atoms with E-state index in [0.29, 0.717) is 17.4 Å². The molecule has 2 N–H and O–H groups in total. The van der Waals surface area contributed by atoms with Gasteiger partial charge in [-0.3, -0.25) is 0 Å². The lowest BCUT2D eigenvalue weighted by Crippen LogP contribution is -2.46. The Kier molecular flexibility index (Phi) is 3.81. The van der Waals surface area contributed by atoms with Crippen LogP contribution in [0.1, 0.15) is 46.5 Å². The predicted octanol–water partition coefficient (Wildman–Crippen LogP) is 2.34. The number of ether oxygens (including phenoxy) is 2. The van der Waals surface area contributed by atoms with Crippen molar-refractivity contribution in [2.45, 2.75) is 58.1 Å². The fourth-order valence-corrected chi connectivity index (χ4v) is 3.17. The molecule has 3 heteroatoms. The maximum Gasteiger partial charge on any atom is 0.0939 e. The lowest BCUT2D eigenvalue weighted by Gasteiger charge is -2.40. The van der Waals surface area contributed by atoms with E-state index >= 15 is 0 Å². The highest BCUT2D eigenvalue weighted by atomic mass is 16.6. The minimum atomic E-state index is -0.00157. The number of hydrogen-bond acceptors (Lipinski definition) is 3. The van der Waals surface area contributed by atoms with Crippen molar-refractivity contribution in [3.8, 4) is 0 Å². The Hall–Kier alpha value is -0.120. The Bertz CT molecular complexity index is 253. The zero-order valence-electron chi connectivity index (χ0n) is 11.5. The molecule has 2 rings (SSSR count). The zero-order valence-corrected chi connectivity index (χ0v) is 11.5. The molecule has 0 aliphatic carbocycles. The minimum absolute atomic E-state index is 0.00157. The molecule has 0 aromatic rings. The third-order valence-corrected chi connectivity index (χ3v) is 4.05. The van der Waals surface area contributed by atoms with E-state index in [1.165, 1.54) is 0 Å². The van der Waals surface area contributed by atoms with Crippen molar-refractivity contribution in [2.24, 2.45) is 17.1 Å². The SMILES string of the molecule is CC(C)(C)CC(N)C1CCOC2(CCOC2)C1. The molecular formula is C14H27NO2. The summed E-state index contributed by atoms with van der Waals surface area (Å²) in [5.41, 5.74) is 6.70. The van der Waals surface area contributed by atoms with Crippen molar-refractivity contribution in [1.82, 2.24) is 0 Å². The second kappa shape index (κ2) is 4.87. The van der Waals surface area contributed by atoms with Crippen LogP contribution in [0.5, 0.6) is 0 Å². The standard InChI is InChI=1S/C14H27NO2/c1-13(2,3)9-12(15)11-4-6-17-14(8-11)5-7-16-10-14/h11-12H,4-10,15H2,1-3H3. The normalized spacial score (nSPS) is 36.4. The molecule has 3 atom stereocenters. The van der Waals surface area contributed by atoms with Gasteiger partial charge in [0.2, 0.25) is 0 Å². The topological polar surface area (TPSA) is 44.5 Å². The van der Waals surface area contributed by atoms with Gasteiger partial charge in [-0.15, -0.1) is 0 Å². The number of nitrogens with two attached hydrogens (primary N) is 1. The Balaban J connectivity index is 1.92. The average molecular weight is 241 g/mol. The second-order valence-electron chi connectivity index (χ2n) is 7.02. The van der Waals surface area contributed by atoms with E-state index in [2.05, 4.69) is 20.8 Å². The summed E-state index contributed by atoms with van der Waals surface area (Å²) in [5, 5.41) is 0. The van der Waals surface area contributed by atoms with E-state index in [0.717, 1.165) is 45.5 Å². The Morgan fingerprint density at radius 2 is 2.12 bits per heavy atom. The van der Waals surface area contributed by atoms with Crippen molar-refractivity contribution in [2.75, 3.05) is 19.8 Å². The summed E-state index contributed by atoms with van der Waals surface area (Å²) in [7, 11) is 0. The lowest BCUT2D eigenvalue weighted by atomic mass is 9.76. The van der Waals surface area contributed by atoms with Crippen LogP contribution in [0.15, 0.2) is 0 Å². The first-order valence-electron chi connectivity index (χ1n) is 6.88. The van der Waals surface area contributed by atoms with Crippen LogP contribution in [0.2, 0.25) is 0 Å². The summed E-state index contributed by atoms with van der Waals surface area (Å²) in [6, 6.07) is 0.302. The van der Waals surface area contributed by atoms with Gasteiger partial charge >= 0.3 is 0 Å². The molecule has 2 aliphatic rings. The van der Waals surface area contributed by atoms with E-state index in [4.69, 9.17) is 15.2 Å². The van der Waals surface area contributed by atoms with Gasteiger partial charge in [0.15, 0.2) is 0 Å². The van der Waals surface area contributed by atoms with Gasteiger partial charge in [0.05, 0.1) is 12.2 Å². The monoisotopic (exact) mass is 241 g/mol. The van der Waals surface area contributed by atoms with E-state index in [1.807, 2.05) is 0 Å². The highest BCUT2D eigenvalue weighted by Gasteiger charge is 2.42. The smallest absolute Gasteiger partial charge is 0.0939 e. The maximum absolute atomic E-state index is 6.39. The summed E-state index contributed by atoms with van der Waals surface area (Å²) in [6.07, 6.45) is 4.34. The maximum atomic E-state index is 6.39. The van der Waals surface area contributed by atoms with Crippen LogP contribution in [-0.4, -0.2) is 31.5 Å². The molecule has 0 aromatic carbocycles. The van der Waals surface area contributed by atoms with Crippen LogP contribution in [0.4, 0.5) is 0 Å². The number of rotatable bonds is 2. The van der Waals surface area contributed by atoms with Crippen LogP contribution in [0, 0.1) is 11.3 Å². The van der Waals surface area contributed by atoms with Crippen molar-refractivity contribution in [3.05, 3.63) is 0 Å². The molecule has 3 nitrogen and oxygen atoms in total. The Labute approximate surface area is 105 Å². The van der Waals surface area contributed by atoms with Gasteiger partial charge < -0.3 is 15.2 Å². The first-order chi connectivity index (χ1) is 7.90. The van der Waals surface area contributed by atoms with Crippen molar-refractivity contribution < 1.29 is 9.47 Å². The largest absolute Gasteiger partial charge is 0.378 e. The minimum Gasteiger partial charge on any atom is -0.378 e. The summed E-state index contributed by atoms with van der Waals surface area (Å²) >= 11 is 0. The first-order valence-corrected chi connectivity index (χ1v) is 6.88. The third-order valence-electron chi connectivity index (χ3n) is 4.05. The van der Waals surface area contributed by atoms with Crippen molar-refractivity contribution in [1.29, 1.82) is 0 Å². The quantitative estimate of drug-likeness (QED) is 0.807. The molecule has 0 saturated carbocycles. The summed E-state index contributed by atoms with van der Waals surface area (Å²) < 4.78 is 11.5. The molecule has 17 heavy (non-hydrogen) atoms. The molecule has 100 valence electrons. The zero-order chi connectivity index (χ0) is 12.5. The fraction of sp³-hybridized carbons (Fsp3) is 1.00. The summed E-state index contributed by atoms with van der Waals surface area (Å²) in [6.45, 7) is 9.26. The first kappa shape index (κ1) is 13.3. The molecule has 2 fully saturated rings. The van der Waals surface area contributed by atoms with Gasteiger partial charge in [-0.1, -0.05) is 20.8 Å². The van der Waals surface area contributed by atoms with Crippen LogP contribution >= 0.6 is 0 Å². The van der Waals surface area contributed by atoms with E-state index in [1.54, 1.807) is 0 Å². The fourth-order valence-electron chi connectivity index (χ4n) is 3.17. The van der Waals surface area contributed by atoms with E-state index in [9.17, 15) is 0 Å². The van der Waals surface area contributed by atoms with Crippen LogP contribution in [0.3, 0.4) is 0 Å². The molecule has 0 aromatic heterocycles. The molecule has 3 unspecified atom stereocenters. The van der Waals surface area contributed by atoms with Crippen LogP contribution in [0.25, 0.3) is 0 Å². The van der Waals surface area contributed by atoms with Crippen LogP contribution < -0.4 is 5.73 Å². The van der Waals surface area contributed by atoms with Gasteiger partial charge in [0.25, 0.3) is 0 Å². The summed E-state index contributed by atoms with van der Waals surface area (Å²) in [5.74, 6) is 0.602. The Morgan fingerprint density at radius 1 is 1.35 bits per heavy atom. The van der Waals surface area contributed by atoms with Crippen LogP contribution in [-0.2, 0) is 9.47 Å². The third kappa shape index (κ3) is 3.43. The van der Waals surface area contributed by atoms with E-state index in [-0.39, 0.29) is 5.60 Å². The Morgan fingerprint density at radius 3 is 2.71 bits per heavy atom. The molecule has 0 amide bonds. The van der Waals surface area contributed by atoms with Crippen molar-refractivity contribution >= 4 is 0 Å². The van der Waals surface area contributed by atoms with E-state index < -0.39 is 0 Å². The molecule has 1 spiro atoms. The molecule has 2 heterocycles. The molecular weight excluding hydrogens is 214 g/mol. The van der Waals surface area contributed by atoms with Gasteiger partial charge in [-0.25, -0.2) is 0 Å². The van der Waals surface area contributed by atoms with Gasteiger partial charge in [-0.2, -0.15) is 0 Å². The molecule has 2 saturated heterocycles. The molecule has 0 bridgehead atoms. The second-order valence-corrected chi connectivity index (χ2v) is 7.02. The molecule has 2 aliphatic heterocycles. The lowest BCUT2D eigenvalue weighted by molar-refractivity contribution is -0.102. The highest BCUT2D eigenvalue weighted by Crippen LogP contribution is 2.38. The van der Waals surface area contributed by atoms with Crippen molar-refractivity contribution in [3.63, 3.8) is 0 Å². The average Bonchev–Trinajstić information content (AvgIpc) is 2.64. The van der Waals surface area contributed by atoms with Gasteiger partial charge in [0.1, 0.15) is 0 Å². The highest BCUT2D eigenvalue weighted by molar-refractivity contribution is 4.93. The summed E-state index contributed by atoms with van der Waals surface area (Å²) in [4.78, 5) is 0.